The number of fused-ring (bicyclic) bond motifs is 6. The maximum Gasteiger partial charge on any atom is 0.227 e. The number of para-hydroxylation sites is 2. The van der Waals surface area contributed by atoms with E-state index in [2.05, 4.69) is 26.7 Å². The van der Waals surface area contributed by atoms with Crippen LogP contribution < -0.4 is 10.3 Å². The lowest BCUT2D eigenvalue weighted by Gasteiger charge is -2.20. The van der Waals surface area contributed by atoms with Crippen LogP contribution in [0, 0.1) is 11.8 Å². The van der Waals surface area contributed by atoms with Crippen LogP contribution in [-0.2, 0) is 0 Å². The summed E-state index contributed by atoms with van der Waals surface area (Å²) in [6.07, 6.45) is 1.70. The fourth-order valence-corrected chi connectivity index (χ4v) is 5.00. The van der Waals surface area contributed by atoms with Crippen LogP contribution in [0.5, 0.6) is 0 Å². The number of benzene rings is 1. The molecule has 0 amide bonds. The zero-order valence-electron chi connectivity index (χ0n) is 15.8. The molecule has 2 saturated heterocycles. The first-order valence-electron chi connectivity index (χ1n) is 9.98. The minimum atomic E-state index is -0.0509. The van der Waals surface area contributed by atoms with E-state index in [0.717, 1.165) is 55.4 Å². The van der Waals surface area contributed by atoms with Gasteiger partial charge in [0.2, 0.25) is 5.95 Å². The fraction of sp³-hybridized carbons (Fsp3) is 0.381. The van der Waals surface area contributed by atoms with Crippen LogP contribution in [-0.4, -0.2) is 57.0 Å². The lowest BCUT2D eigenvalue weighted by atomic mass is 10.0. The molecule has 3 aromatic heterocycles. The number of aromatic nitrogens is 4. The van der Waals surface area contributed by atoms with Gasteiger partial charge in [-0.2, -0.15) is 4.98 Å². The number of anilines is 1. The Morgan fingerprint density at radius 1 is 1.14 bits per heavy atom. The van der Waals surface area contributed by atoms with Gasteiger partial charge in [-0.1, -0.05) is 19.1 Å². The summed E-state index contributed by atoms with van der Waals surface area (Å²) in [6.45, 7) is 7.67. The SMILES string of the molecule is CCN1CC2CN(c3ncc4c(=O)cc5[nH]c6ccccc6n5c4n3)CC2C1. The number of H-pyrrole nitrogens is 1. The molecule has 0 radical (unpaired) electrons. The Morgan fingerprint density at radius 3 is 2.71 bits per heavy atom. The van der Waals surface area contributed by atoms with Crippen molar-refractivity contribution in [2.24, 2.45) is 11.8 Å². The summed E-state index contributed by atoms with van der Waals surface area (Å²) in [5, 5.41) is 0.558. The highest BCUT2D eigenvalue weighted by molar-refractivity contribution is 5.88. The van der Waals surface area contributed by atoms with E-state index in [4.69, 9.17) is 4.98 Å². The molecule has 1 N–H and O–H groups in total. The number of nitrogens with one attached hydrogen (secondary N) is 1. The molecular weight excluding hydrogens is 352 g/mol. The third kappa shape index (κ3) is 2.22. The smallest absolute Gasteiger partial charge is 0.227 e. The number of hydrogen-bond acceptors (Lipinski definition) is 5. The molecule has 2 atom stereocenters. The number of imidazole rings is 1. The van der Waals surface area contributed by atoms with Gasteiger partial charge in [0.25, 0.3) is 0 Å². The zero-order chi connectivity index (χ0) is 18.8. The van der Waals surface area contributed by atoms with Gasteiger partial charge in [-0.15, -0.1) is 0 Å². The van der Waals surface area contributed by atoms with E-state index in [1.165, 1.54) is 0 Å². The Bertz CT molecular complexity index is 1260. The Kier molecular flexibility index (Phi) is 3.32. The van der Waals surface area contributed by atoms with Crippen molar-refractivity contribution >= 4 is 33.7 Å². The molecule has 5 heterocycles. The second kappa shape index (κ2) is 5.78. The van der Waals surface area contributed by atoms with Gasteiger partial charge >= 0.3 is 0 Å². The molecule has 0 saturated carbocycles. The zero-order valence-corrected chi connectivity index (χ0v) is 15.8. The molecule has 0 aliphatic carbocycles. The maximum atomic E-state index is 12.6. The molecule has 6 rings (SSSR count). The van der Waals surface area contributed by atoms with E-state index in [0.29, 0.717) is 22.9 Å². The van der Waals surface area contributed by atoms with Crippen molar-refractivity contribution in [2.45, 2.75) is 6.92 Å². The summed E-state index contributed by atoms with van der Waals surface area (Å²) >= 11 is 0. The number of nitrogens with zero attached hydrogens (tertiary/aromatic N) is 5. The second-order valence-electron chi connectivity index (χ2n) is 8.06. The first-order chi connectivity index (χ1) is 13.7. The third-order valence-corrected chi connectivity index (χ3v) is 6.44. The predicted octanol–water partition coefficient (Wildman–Crippen LogP) is 2.11. The van der Waals surface area contributed by atoms with Crippen LogP contribution in [0.25, 0.3) is 27.7 Å². The summed E-state index contributed by atoms with van der Waals surface area (Å²) < 4.78 is 2.03. The highest BCUT2D eigenvalue weighted by atomic mass is 16.1. The Morgan fingerprint density at radius 2 is 1.93 bits per heavy atom. The molecule has 142 valence electrons. The summed E-state index contributed by atoms with van der Waals surface area (Å²) in [7, 11) is 0. The van der Waals surface area contributed by atoms with Gasteiger partial charge in [0.05, 0.1) is 16.4 Å². The Labute approximate surface area is 161 Å². The van der Waals surface area contributed by atoms with Crippen LogP contribution in [0.2, 0.25) is 0 Å². The van der Waals surface area contributed by atoms with E-state index >= 15 is 0 Å². The van der Waals surface area contributed by atoms with Crippen LogP contribution >= 0.6 is 0 Å². The predicted molar refractivity (Wildman–Crippen MR) is 110 cm³/mol. The summed E-state index contributed by atoms with van der Waals surface area (Å²) in [5.41, 5.74) is 3.40. The van der Waals surface area contributed by atoms with Crippen molar-refractivity contribution in [3.05, 3.63) is 46.8 Å². The van der Waals surface area contributed by atoms with Crippen LogP contribution in [0.1, 0.15) is 6.92 Å². The normalized spacial score (nSPS) is 22.7. The molecule has 7 nitrogen and oxygen atoms in total. The van der Waals surface area contributed by atoms with E-state index < -0.39 is 0 Å². The average Bonchev–Trinajstić information content (AvgIpc) is 3.38. The largest absolute Gasteiger partial charge is 0.340 e. The molecule has 28 heavy (non-hydrogen) atoms. The van der Waals surface area contributed by atoms with Gasteiger partial charge in [-0.05, 0) is 30.5 Å². The fourth-order valence-electron chi connectivity index (χ4n) is 5.00. The minimum Gasteiger partial charge on any atom is -0.340 e. The number of likely N-dealkylation sites (tertiary alicyclic amines) is 1. The van der Waals surface area contributed by atoms with Gasteiger partial charge in [0, 0.05) is 38.4 Å². The number of hydrogen-bond donors (Lipinski definition) is 1. The van der Waals surface area contributed by atoms with Crippen molar-refractivity contribution in [3.8, 4) is 0 Å². The molecular formula is C21H22N6O. The number of aromatic amines is 1. The molecule has 0 bridgehead atoms. The van der Waals surface area contributed by atoms with Crippen molar-refractivity contribution in [1.82, 2.24) is 24.3 Å². The van der Waals surface area contributed by atoms with Gasteiger partial charge in [-0.25, -0.2) is 4.98 Å². The quantitative estimate of drug-likeness (QED) is 0.582. The molecule has 2 fully saturated rings. The molecule has 2 aliphatic rings. The molecule has 4 aromatic rings. The highest BCUT2D eigenvalue weighted by Crippen LogP contribution is 2.33. The molecule has 1 aromatic carbocycles. The summed E-state index contributed by atoms with van der Waals surface area (Å²) in [6, 6.07) is 9.68. The van der Waals surface area contributed by atoms with Gasteiger partial charge in [0.1, 0.15) is 5.65 Å². The van der Waals surface area contributed by atoms with Crippen LogP contribution in [0.4, 0.5) is 5.95 Å². The Hall–Kier alpha value is -2.93. The highest BCUT2D eigenvalue weighted by Gasteiger charge is 2.40. The topological polar surface area (TPSA) is 69.5 Å². The number of rotatable bonds is 2. The summed E-state index contributed by atoms with van der Waals surface area (Å²) in [4.78, 5) is 30.2. The van der Waals surface area contributed by atoms with Gasteiger partial charge < -0.3 is 14.8 Å². The minimum absolute atomic E-state index is 0.0509. The van der Waals surface area contributed by atoms with E-state index in [9.17, 15) is 4.79 Å². The average molecular weight is 374 g/mol. The Balaban J connectivity index is 1.49. The monoisotopic (exact) mass is 374 g/mol. The molecule has 0 spiro atoms. The lowest BCUT2D eigenvalue weighted by molar-refractivity contribution is 0.334. The van der Waals surface area contributed by atoms with Crippen LogP contribution in [0.3, 0.4) is 0 Å². The number of pyridine rings is 1. The molecule has 2 aliphatic heterocycles. The van der Waals surface area contributed by atoms with E-state index in [1.54, 1.807) is 12.3 Å². The summed E-state index contributed by atoms with van der Waals surface area (Å²) in [5.74, 6) is 2.10. The van der Waals surface area contributed by atoms with Gasteiger partial charge in [0.15, 0.2) is 11.1 Å². The van der Waals surface area contributed by atoms with E-state index in [-0.39, 0.29) is 5.43 Å². The van der Waals surface area contributed by atoms with Crippen molar-refractivity contribution in [2.75, 3.05) is 37.6 Å². The lowest BCUT2D eigenvalue weighted by Crippen LogP contribution is -2.29. The van der Waals surface area contributed by atoms with Crippen LogP contribution in [0.15, 0.2) is 41.3 Å². The first kappa shape index (κ1) is 16.1. The molecule has 2 unspecified atom stereocenters. The standard InChI is InChI=1S/C21H22N6O/c1-2-25-9-13-11-26(12-14(13)10-25)21-22-8-15-18(28)7-19-23-16-5-3-4-6-17(16)27(19)20(15)24-21/h3-8,13-14,23H,2,9-12H2,1H3. The maximum absolute atomic E-state index is 12.6. The van der Waals surface area contributed by atoms with Crippen molar-refractivity contribution in [1.29, 1.82) is 0 Å². The third-order valence-electron chi connectivity index (χ3n) is 6.44. The van der Waals surface area contributed by atoms with Crippen molar-refractivity contribution < 1.29 is 0 Å². The molecule has 7 heteroatoms. The second-order valence-corrected chi connectivity index (χ2v) is 8.06. The first-order valence-corrected chi connectivity index (χ1v) is 9.98. The van der Waals surface area contributed by atoms with Crippen molar-refractivity contribution in [3.63, 3.8) is 0 Å². The van der Waals surface area contributed by atoms with Gasteiger partial charge in [-0.3, -0.25) is 9.20 Å². The van der Waals surface area contributed by atoms with E-state index in [1.807, 2.05) is 28.7 Å².